The number of hydrogen-bond donors (Lipinski definition) is 0. The molecule has 2 heterocycles. The summed E-state index contributed by atoms with van der Waals surface area (Å²) >= 11 is 9.60. The number of Topliss-reactive ketones (excluding diaryl/α,β-unsaturated/α-hetero) is 1. The van der Waals surface area contributed by atoms with Gasteiger partial charge in [-0.2, -0.15) is 8.42 Å². The molecule has 164 valence electrons. The van der Waals surface area contributed by atoms with Crippen molar-refractivity contribution in [3.8, 4) is 5.75 Å². The van der Waals surface area contributed by atoms with E-state index in [-0.39, 0.29) is 18.3 Å². The van der Waals surface area contributed by atoms with Crippen LogP contribution in [0.1, 0.15) is 22.3 Å². The zero-order valence-corrected chi connectivity index (χ0v) is 20.0. The first-order valence-corrected chi connectivity index (χ1v) is 12.8. The average Bonchev–Trinajstić information content (AvgIpc) is 3.07. The van der Waals surface area contributed by atoms with E-state index < -0.39 is 10.1 Å². The number of aryl methyl sites for hydroxylation is 1. The monoisotopic (exact) mass is 525 g/mol. The third kappa shape index (κ3) is 5.14. The fourth-order valence-corrected chi connectivity index (χ4v) is 4.81. The van der Waals surface area contributed by atoms with Crippen molar-refractivity contribution in [3.05, 3.63) is 63.2 Å². The Morgan fingerprint density at radius 3 is 2.87 bits per heavy atom. The van der Waals surface area contributed by atoms with Crippen molar-refractivity contribution in [3.63, 3.8) is 0 Å². The number of ketones is 1. The molecule has 0 N–H and O–H groups in total. The van der Waals surface area contributed by atoms with E-state index >= 15 is 0 Å². The highest BCUT2D eigenvalue weighted by molar-refractivity contribution is 9.10. The predicted molar refractivity (Wildman–Crippen MR) is 124 cm³/mol. The molecule has 0 bridgehead atoms. The van der Waals surface area contributed by atoms with E-state index in [0.717, 1.165) is 32.9 Å². The quantitative estimate of drug-likeness (QED) is 0.250. The number of fused-ring (bicyclic) bond motifs is 2. The number of nitrogens with zero attached hydrogens (tertiary/aromatic N) is 1. The van der Waals surface area contributed by atoms with Crippen LogP contribution >= 0.6 is 27.5 Å². The van der Waals surface area contributed by atoms with Crippen molar-refractivity contribution in [2.24, 2.45) is 5.92 Å². The van der Waals surface area contributed by atoms with Crippen molar-refractivity contribution in [2.45, 2.75) is 19.4 Å². The van der Waals surface area contributed by atoms with Gasteiger partial charge in [0.1, 0.15) is 5.75 Å². The Morgan fingerprint density at radius 1 is 1.29 bits per heavy atom. The zero-order valence-electron chi connectivity index (χ0n) is 16.8. The molecule has 1 aromatic heterocycles. The molecule has 1 aliphatic heterocycles. The minimum atomic E-state index is -3.47. The number of carbonyl (C=O) groups excluding carboxylic acids is 1. The normalized spacial score (nSPS) is 16.2. The van der Waals surface area contributed by atoms with Gasteiger partial charge in [0.2, 0.25) is 0 Å². The SMILES string of the molecule is CS(=O)(=O)OCCCn1cc(C(=O)[C@H]2COc3ccc(Cl)cc3C2)c2ccc(Br)cc21. The molecule has 0 amide bonds. The van der Waals surface area contributed by atoms with Crippen molar-refractivity contribution in [1.82, 2.24) is 4.57 Å². The molecule has 9 heteroatoms. The van der Waals surface area contributed by atoms with Crippen LogP contribution in [0.25, 0.3) is 10.9 Å². The maximum Gasteiger partial charge on any atom is 0.264 e. The standard InChI is InChI=1S/C22H21BrClNO5S/c1-31(27,28)30-8-2-7-25-12-19(18-5-3-16(23)11-20(18)25)22(26)15-9-14-10-17(24)4-6-21(14)29-13-15/h3-6,10-12,15H,2,7-9,13H2,1H3/t15-/m1/s1. The van der Waals surface area contributed by atoms with E-state index in [4.69, 9.17) is 20.5 Å². The topological polar surface area (TPSA) is 74.6 Å². The van der Waals surface area contributed by atoms with Crippen molar-refractivity contribution >= 4 is 54.3 Å². The zero-order chi connectivity index (χ0) is 22.2. The van der Waals surface area contributed by atoms with Crippen LogP contribution < -0.4 is 4.74 Å². The third-order valence-electron chi connectivity index (χ3n) is 5.25. The van der Waals surface area contributed by atoms with Crippen LogP contribution in [0.4, 0.5) is 0 Å². The molecule has 0 aliphatic carbocycles. The largest absolute Gasteiger partial charge is 0.493 e. The predicted octanol–water partition coefficient (Wildman–Crippen LogP) is 4.86. The Labute approximate surface area is 194 Å². The van der Waals surface area contributed by atoms with E-state index in [1.165, 1.54) is 0 Å². The van der Waals surface area contributed by atoms with Gasteiger partial charge in [0.25, 0.3) is 10.1 Å². The third-order valence-corrected chi connectivity index (χ3v) is 6.57. The summed E-state index contributed by atoms with van der Waals surface area (Å²) in [6.07, 6.45) is 3.94. The Hall–Kier alpha value is -1.87. The Morgan fingerprint density at radius 2 is 2.10 bits per heavy atom. The number of benzene rings is 2. The first kappa shape index (κ1) is 22.3. The first-order valence-electron chi connectivity index (χ1n) is 9.79. The second-order valence-electron chi connectivity index (χ2n) is 7.61. The highest BCUT2D eigenvalue weighted by atomic mass is 79.9. The molecule has 0 saturated carbocycles. The molecule has 0 radical (unpaired) electrons. The van der Waals surface area contributed by atoms with E-state index in [1.54, 1.807) is 6.07 Å². The summed E-state index contributed by atoms with van der Waals surface area (Å²) in [5.41, 5.74) is 2.46. The molecule has 3 aromatic rings. The molecule has 0 saturated heterocycles. The van der Waals surface area contributed by atoms with Crippen LogP contribution in [0.2, 0.25) is 5.02 Å². The van der Waals surface area contributed by atoms with Crippen LogP contribution in [-0.2, 0) is 27.3 Å². The fraction of sp³-hybridized carbons (Fsp3) is 0.318. The summed E-state index contributed by atoms with van der Waals surface area (Å²) in [6.45, 7) is 0.929. The molecular weight excluding hydrogens is 506 g/mol. The van der Waals surface area contributed by atoms with Gasteiger partial charge in [0.15, 0.2) is 5.78 Å². The highest BCUT2D eigenvalue weighted by Crippen LogP contribution is 2.33. The minimum Gasteiger partial charge on any atom is -0.493 e. The van der Waals surface area contributed by atoms with E-state index in [1.807, 2.05) is 41.1 Å². The van der Waals surface area contributed by atoms with Crippen LogP contribution in [0, 0.1) is 5.92 Å². The lowest BCUT2D eigenvalue weighted by atomic mass is 9.89. The van der Waals surface area contributed by atoms with E-state index in [9.17, 15) is 13.2 Å². The van der Waals surface area contributed by atoms with Crippen molar-refractivity contribution < 1.29 is 22.1 Å². The summed E-state index contributed by atoms with van der Waals surface area (Å²) in [4.78, 5) is 13.4. The molecule has 0 spiro atoms. The van der Waals surface area contributed by atoms with Crippen molar-refractivity contribution in [2.75, 3.05) is 19.5 Å². The summed E-state index contributed by atoms with van der Waals surface area (Å²) in [6, 6.07) is 11.2. The summed E-state index contributed by atoms with van der Waals surface area (Å²) in [5.74, 6) is 0.483. The lowest BCUT2D eigenvalue weighted by Crippen LogP contribution is -2.28. The van der Waals surface area contributed by atoms with Gasteiger partial charge in [-0.15, -0.1) is 0 Å². The Kier molecular flexibility index (Phi) is 6.44. The van der Waals surface area contributed by atoms with Crippen molar-refractivity contribution in [1.29, 1.82) is 0 Å². The molecule has 0 fully saturated rings. The molecule has 6 nitrogen and oxygen atoms in total. The van der Waals surface area contributed by atoms with E-state index in [2.05, 4.69) is 15.9 Å². The molecule has 1 atom stereocenters. The van der Waals surface area contributed by atoms with Gasteiger partial charge in [0, 0.05) is 38.7 Å². The van der Waals surface area contributed by atoms with E-state index in [0.29, 0.717) is 36.6 Å². The molecular formula is C22H21BrClNO5S. The van der Waals surface area contributed by atoms with Gasteiger partial charge in [-0.1, -0.05) is 33.6 Å². The number of ether oxygens (including phenoxy) is 1. The number of aromatic nitrogens is 1. The van der Waals surface area contributed by atoms with Gasteiger partial charge in [-0.05, 0) is 48.7 Å². The Bertz CT molecular complexity index is 1250. The van der Waals surface area contributed by atoms with Crippen LogP contribution in [0.15, 0.2) is 47.1 Å². The lowest BCUT2D eigenvalue weighted by molar-refractivity contribution is 0.0856. The molecule has 31 heavy (non-hydrogen) atoms. The Balaban J connectivity index is 1.59. The maximum absolute atomic E-state index is 13.4. The minimum absolute atomic E-state index is 0.0177. The van der Waals surface area contributed by atoms with Gasteiger partial charge in [0.05, 0.1) is 25.4 Å². The van der Waals surface area contributed by atoms with Gasteiger partial charge in [-0.25, -0.2) is 0 Å². The lowest BCUT2D eigenvalue weighted by Gasteiger charge is -2.24. The number of halogens is 2. The maximum atomic E-state index is 13.4. The molecule has 4 rings (SSSR count). The molecule has 0 unspecified atom stereocenters. The molecule has 2 aromatic carbocycles. The van der Waals surface area contributed by atoms with Gasteiger partial charge >= 0.3 is 0 Å². The smallest absolute Gasteiger partial charge is 0.264 e. The second kappa shape index (κ2) is 8.94. The number of hydrogen-bond acceptors (Lipinski definition) is 5. The fourth-order valence-electron chi connectivity index (χ4n) is 3.84. The van der Waals surface area contributed by atoms with Crippen LogP contribution in [-0.4, -0.2) is 38.2 Å². The van der Waals surface area contributed by atoms with Crippen LogP contribution in [0.5, 0.6) is 5.75 Å². The second-order valence-corrected chi connectivity index (χ2v) is 10.6. The molecule has 1 aliphatic rings. The summed E-state index contributed by atoms with van der Waals surface area (Å²) in [7, 11) is -3.47. The summed E-state index contributed by atoms with van der Waals surface area (Å²) in [5, 5.41) is 1.47. The van der Waals surface area contributed by atoms with Gasteiger partial charge < -0.3 is 9.30 Å². The average molecular weight is 527 g/mol. The highest BCUT2D eigenvalue weighted by Gasteiger charge is 2.29. The number of carbonyl (C=O) groups is 1. The van der Waals surface area contributed by atoms with Crippen LogP contribution in [0.3, 0.4) is 0 Å². The van der Waals surface area contributed by atoms with Gasteiger partial charge in [-0.3, -0.25) is 8.98 Å². The summed E-state index contributed by atoms with van der Waals surface area (Å²) < 4.78 is 35.9. The number of rotatable bonds is 7. The first-order chi connectivity index (χ1) is 14.7.